The summed E-state index contributed by atoms with van der Waals surface area (Å²) in [6, 6.07) is 13.1. The first-order valence-electron chi connectivity index (χ1n) is 10.5. The molecule has 9 nitrogen and oxygen atoms in total. The van der Waals surface area contributed by atoms with E-state index in [1.165, 1.54) is 10.9 Å². The molecule has 0 fully saturated rings. The van der Waals surface area contributed by atoms with Crippen LogP contribution >= 0.6 is 0 Å². The minimum Gasteiger partial charge on any atom is -0.384 e. The summed E-state index contributed by atoms with van der Waals surface area (Å²) in [6.07, 6.45) is 3.15. The minimum atomic E-state index is -1.14. The highest BCUT2D eigenvalue weighted by atomic mass is 16.3. The zero-order valence-corrected chi connectivity index (χ0v) is 19.1. The largest absolute Gasteiger partial charge is 0.384 e. The second-order valence-electron chi connectivity index (χ2n) is 8.43. The van der Waals surface area contributed by atoms with Gasteiger partial charge in [-0.3, -0.25) is 4.79 Å². The Hall–Kier alpha value is -3.98. The van der Waals surface area contributed by atoms with E-state index in [0.717, 1.165) is 11.4 Å². The van der Waals surface area contributed by atoms with E-state index < -0.39 is 5.60 Å². The van der Waals surface area contributed by atoms with E-state index in [0.29, 0.717) is 28.5 Å². The summed E-state index contributed by atoms with van der Waals surface area (Å²) < 4.78 is 3.14. The number of benzene rings is 1. The summed E-state index contributed by atoms with van der Waals surface area (Å²) >= 11 is 0. The van der Waals surface area contributed by atoms with Crippen molar-refractivity contribution in [3.63, 3.8) is 0 Å². The summed E-state index contributed by atoms with van der Waals surface area (Å²) in [5, 5.41) is 14.0. The topological polar surface area (TPSA) is 101 Å². The summed E-state index contributed by atoms with van der Waals surface area (Å²) in [5.74, 6) is 0.810. The standard InChI is InChI=1S/C24H27N7O2/c1-6-13-30-22(32)18-15-25-23(26-16-9-7-10-17(14-16)29(4)5)28-21(18)31(30)20-12-8-11-19(27-20)24(2,3)33/h6-12,14-15,33H,1,13H2,2-5H3,(H,25,26,28). The molecule has 4 aromatic rings. The van der Waals surface area contributed by atoms with Gasteiger partial charge >= 0.3 is 0 Å². The number of aliphatic hydroxyl groups is 1. The number of hydrogen-bond acceptors (Lipinski definition) is 7. The fourth-order valence-corrected chi connectivity index (χ4v) is 3.48. The second-order valence-corrected chi connectivity index (χ2v) is 8.43. The lowest BCUT2D eigenvalue weighted by molar-refractivity contribution is 0.0738. The van der Waals surface area contributed by atoms with Crippen LogP contribution in [0.25, 0.3) is 16.9 Å². The number of anilines is 3. The quantitative estimate of drug-likeness (QED) is 0.421. The van der Waals surface area contributed by atoms with E-state index in [4.69, 9.17) is 0 Å². The van der Waals surface area contributed by atoms with Gasteiger partial charge in [0, 0.05) is 31.7 Å². The van der Waals surface area contributed by atoms with Crippen molar-refractivity contribution in [1.29, 1.82) is 0 Å². The van der Waals surface area contributed by atoms with E-state index in [9.17, 15) is 9.90 Å². The minimum absolute atomic E-state index is 0.249. The molecule has 0 amide bonds. The van der Waals surface area contributed by atoms with Crippen LogP contribution in [0, 0.1) is 0 Å². The Morgan fingerprint density at radius 2 is 1.94 bits per heavy atom. The van der Waals surface area contributed by atoms with Crippen molar-refractivity contribution in [3.8, 4) is 5.82 Å². The number of rotatable bonds is 7. The van der Waals surface area contributed by atoms with Crippen molar-refractivity contribution in [2.24, 2.45) is 0 Å². The van der Waals surface area contributed by atoms with Crippen LogP contribution in [0.2, 0.25) is 0 Å². The fourth-order valence-electron chi connectivity index (χ4n) is 3.48. The van der Waals surface area contributed by atoms with Crippen molar-refractivity contribution < 1.29 is 5.11 Å². The number of aromatic nitrogens is 5. The molecule has 0 aliphatic heterocycles. The second kappa shape index (κ2) is 8.51. The lowest BCUT2D eigenvalue weighted by atomic mass is 10.1. The molecule has 0 saturated carbocycles. The molecule has 0 aliphatic rings. The van der Waals surface area contributed by atoms with Crippen LogP contribution in [-0.2, 0) is 12.1 Å². The Bertz CT molecular complexity index is 1380. The average Bonchev–Trinajstić information content (AvgIpc) is 3.05. The zero-order valence-electron chi connectivity index (χ0n) is 19.1. The van der Waals surface area contributed by atoms with Gasteiger partial charge in [-0.1, -0.05) is 18.2 Å². The lowest BCUT2D eigenvalue weighted by Gasteiger charge is -2.18. The molecule has 9 heteroatoms. The van der Waals surface area contributed by atoms with Crippen LogP contribution in [0.15, 0.2) is 66.1 Å². The predicted molar refractivity (Wildman–Crippen MR) is 130 cm³/mol. The van der Waals surface area contributed by atoms with Gasteiger partial charge in [0.1, 0.15) is 11.0 Å². The highest BCUT2D eigenvalue weighted by Crippen LogP contribution is 2.23. The van der Waals surface area contributed by atoms with Crippen LogP contribution in [0.4, 0.5) is 17.3 Å². The van der Waals surface area contributed by atoms with Gasteiger partial charge in [-0.2, -0.15) is 4.98 Å². The molecular formula is C24H27N7O2. The summed E-state index contributed by atoms with van der Waals surface area (Å²) in [5.41, 5.74) is 1.35. The van der Waals surface area contributed by atoms with Crippen molar-refractivity contribution in [2.75, 3.05) is 24.3 Å². The van der Waals surface area contributed by atoms with Gasteiger partial charge in [-0.15, -0.1) is 6.58 Å². The van der Waals surface area contributed by atoms with Crippen LogP contribution in [0.5, 0.6) is 0 Å². The molecule has 1 aromatic carbocycles. The molecule has 3 heterocycles. The van der Waals surface area contributed by atoms with Crippen LogP contribution in [0.1, 0.15) is 19.5 Å². The van der Waals surface area contributed by atoms with E-state index >= 15 is 0 Å². The van der Waals surface area contributed by atoms with Crippen molar-refractivity contribution >= 4 is 28.4 Å². The molecule has 3 aromatic heterocycles. The highest BCUT2D eigenvalue weighted by Gasteiger charge is 2.21. The molecule has 0 radical (unpaired) electrons. The smallest absolute Gasteiger partial charge is 0.278 e. The third kappa shape index (κ3) is 4.35. The SMILES string of the molecule is C=CCn1c(=O)c2cnc(Nc3cccc(N(C)C)c3)nc2n1-c1cccc(C(C)(C)O)n1. The van der Waals surface area contributed by atoms with Crippen LogP contribution in [-0.4, -0.2) is 43.5 Å². The monoisotopic (exact) mass is 445 g/mol. The van der Waals surface area contributed by atoms with Gasteiger partial charge in [0.25, 0.3) is 5.56 Å². The third-order valence-electron chi connectivity index (χ3n) is 5.17. The fraction of sp³-hybridized carbons (Fsp3) is 0.250. The first-order valence-corrected chi connectivity index (χ1v) is 10.5. The number of allylic oxidation sites excluding steroid dienone is 1. The average molecular weight is 446 g/mol. The Labute approximate surface area is 191 Å². The molecule has 0 unspecified atom stereocenters. The Balaban J connectivity index is 1.87. The molecule has 0 spiro atoms. The number of nitrogens with one attached hydrogen (secondary N) is 1. The van der Waals surface area contributed by atoms with Crippen LogP contribution in [0.3, 0.4) is 0 Å². The molecule has 33 heavy (non-hydrogen) atoms. The molecule has 4 rings (SSSR count). The first-order chi connectivity index (χ1) is 15.7. The van der Waals surface area contributed by atoms with Gasteiger partial charge in [-0.05, 0) is 44.2 Å². The van der Waals surface area contributed by atoms with Gasteiger partial charge in [0.2, 0.25) is 5.95 Å². The van der Waals surface area contributed by atoms with E-state index in [1.807, 2.05) is 43.3 Å². The first kappa shape index (κ1) is 22.2. The number of hydrogen-bond donors (Lipinski definition) is 2. The van der Waals surface area contributed by atoms with Crippen molar-refractivity contribution in [2.45, 2.75) is 26.0 Å². The maximum atomic E-state index is 13.1. The maximum Gasteiger partial charge on any atom is 0.278 e. The summed E-state index contributed by atoms with van der Waals surface area (Å²) in [7, 11) is 3.94. The van der Waals surface area contributed by atoms with Crippen molar-refractivity contribution in [3.05, 3.63) is 77.4 Å². The Morgan fingerprint density at radius 1 is 1.18 bits per heavy atom. The Kier molecular flexibility index (Phi) is 5.73. The molecule has 0 atom stereocenters. The van der Waals surface area contributed by atoms with E-state index in [2.05, 4.69) is 26.8 Å². The van der Waals surface area contributed by atoms with Crippen molar-refractivity contribution in [1.82, 2.24) is 24.3 Å². The maximum absolute atomic E-state index is 13.1. The van der Waals surface area contributed by atoms with Gasteiger partial charge < -0.3 is 15.3 Å². The lowest BCUT2D eigenvalue weighted by Crippen LogP contribution is -2.23. The zero-order chi connectivity index (χ0) is 23.8. The molecule has 0 bridgehead atoms. The molecule has 2 N–H and O–H groups in total. The third-order valence-corrected chi connectivity index (χ3v) is 5.17. The van der Waals surface area contributed by atoms with Crippen LogP contribution < -0.4 is 15.8 Å². The van der Waals surface area contributed by atoms with Gasteiger partial charge in [-0.25, -0.2) is 19.3 Å². The number of fused-ring (bicyclic) bond motifs is 1. The number of nitrogens with zero attached hydrogens (tertiary/aromatic N) is 6. The highest BCUT2D eigenvalue weighted by molar-refractivity contribution is 5.77. The Morgan fingerprint density at radius 3 is 2.64 bits per heavy atom. The van der Waals surface area contributed by atoms with Gasteiger partial charge in [0.05, 0.1) is 12.2 Å². The summed E-state index contributed by atoms with van der Waals surface area (Å²) in [6.45, 7) is 7.35. The molecule has 0 aliphatic carbocycles. The summed E-state index contributed by atoms with van der Waals surface area (Å²) in [4.78, 5) is 28.7. The normalized spacial score (nSPS) is 11.5. The predicted octanol–water partition coefficient (Wildman–Crippen LogP) is 3.20. The number of pyridine rings is 1. The van der Waals surface area contributed by atoms with E-state index in [1.54, 1.807) is 42.8 Å². The van der Waals surface area contributed by atoms with E-state index in [-0.39, 0.29) is 12.1 Å². The molecule has 0 saturated heterocycles. The molecule has 170 valence electrons. The van der Waals surface area contributed by atoms with Gasteiger partial charge in [0.15, 0.2) is 11.5 Å². The molecular weight excluding hydrogens is 418 g/mol.